The lowest BCUT2D eigenvalue weighted by atomic mass is 9.89. The van der Waals surface area contributed by atoms with Gasteiger partial charge in [0, 0.05) is 55.3 Å². The summed E-state index contributed by atoms with van der Waals surface area (Å²) in [5.41, 5.74) is 9.94. The number of nitrogens with one attached hydrogen (secondary N) is 1. The Labute approximate surface area is 254 Å². The number of anilines is 3. The van der Waals surface area contributed by atoms with E-state index in [2.05, 4.69) is 28.2 Å². The number of carbonyl (C=O) groups is 3. The molecule has 43 heavy (non-hydrogen) atoms. The van der Waals surface area contributed by atoms with Crippen LogP contribution in [0.2, 0.25) is 5.02 Å². The normalized spacial score (nSPS) is 17.3. The van der Waals surface area contributed by atoms with Crippen LogP contribution in [0.5, 0.6) is 0 Å². The highest BCUT2D eigenvalue weighted by molar-refractivity contribution is 6.30. The molecule has 1 unspecified atom stereocenters. The number of hydrogen-bond donors (Lipinski definition) is 4. The zero-order valence-corrected chi connectivity index (χ0v) is 24.5. The Morgan fingerprint density at radius 1 is 1.00 bits per heavy atom. The summed E-state index contributed by atoms with van der Waals surface area (Å²) in [4.78, 5) is 45.1. The van der Waals surface area contributed by atoms with Gasteiger partial charge in [-0.05, 0) is 73.1 Å². The molecule has 1 fully saturated rings. The lowest BCUT2D eigenvalue weighted by Crippen LogP contribution is -2.48. The van der Waals surface area contributed by atoms with Crippen molar-refractivity contribution in [3.8, 4) is 0 Å². The van der Waals surface area contributed by atoms with Gasteiger partial charge in [0.25, 0.3) is 11.8 Å². The van der Waals surface area contributed by atoms with E-state index in [1.54, 1.807) is 24.3 Å². The van der Waals surface area contributed by atoms with E-state index < -0.39 is 23.8 Å². The number of nitrogens with two attached hydrogens (primary N) is 2. The predicted octanol–water partition coefficient (Wildman–Crippen LogP) is 3.03. The van der Waals surface area contributed by atoms with E-state index in [1.807, 2.05) is 12.1 Å². The van der Waals surface area contributed by atoms with Crippen molar-refractivity contribution in [3.05, 3.63) is 100 Å². The summed E-state index contributed by atoms with van der Waals surface area (Å²) in [6.07, 6.45) is 1.85. The van der Waals surface area contributed by atoms with E-state index in [0.29, 0.717) is 28.4 Å². The Kier molecular flexibility index (Phi) is 8.86. The fraction of sp³-hybridized carbons (Fsp3) is 0.258. The van der Waals surface area contributed by atoms with E-state index >= 15 is 0 Å². The summed E-state index contributed by atoms with van der Waals surface area (Å²) in [5.74, 6) is 4.11. The van der Waals surface area contributed by atoms with Crippen LogP contribution in [0.15, 0.2) is 78.6 Å². The monoisotopic (exact) mass is 603 g/mol. The topological polar surface area (TPSA) is 148 Å². The quantitative estimate of drug-likeness (QED) is 0.182. The first kappa shape index (κ1) is 29.9. The molecule has 3 aromatic carbocycles. The fourth-order valence-electron chi connectivity index (χ4n) is 5.48. The van der Waals surface area contributed by atoms with Crippen LogP contribution in [0.3, 0.4) is 0 Å². The van der Waals surface area contributed by atoms with Gasteiger partial charge in [-0.15, -0.1) is 0 Å². The molecule has 12 heteroatoms. The number of nitrogens with zero attached hydrogens (tertiary/aromatic N) is 4. The minimum absolute atomic E-state index is 0.0959. The molecule has 6 N–H and O–H groups in total. The average molecular weight is 604 g/mol. The van der Waals surface area contributed by atoms with E-state index in [9.17, 15) is 19.5 Å². The van der Waals surface area contributed by atoms with Crippen molar-refractivity contribution < 1.29 is 19.5 Å². The van der Waals surface area contributed by atoms with Crippen molar-refractivity contribution >= 4 is 46.4 Å². The summed E-state index contributed by atoms with van der Waals surface area (Å²) in [6, 6.07) is 17.5. The SMILES string of the molecule is CN1CCN(c2cccc3c2CCN(C(=O)/C(N)=C/N(N)c2cccc(Cl)c2)C3C(=O)Nc2ccc(C(=O)O)cc2)CC1. The first-order chi connectivity index (χ1) is 20.6. The second-order valence-electron chi connectivity index (χ2n) is 10.6. The number of carbonyl (C=O) groups excluding carboxylic acids is 2. The van der Waals surface area contributed by atoms with Crippen molar-refractivity contribution in [3.63, 3.8) is 0 Å². The molecule has 2 aliphatic heterocycles. The highest BCUT2D eigenvalue weighted by atomic mass is 35.5. The smallest absolute Gasteiger partial charge is 0.335 e. The highest BCUT2D eigenvalue weighted by Crippen LogP contribution is 2.37. The number of fused-ring (bicyclic) bond motifs is 1. The molecule has 0 aliphatic carbocycles. The van der Waals surface area contributed by atoms with Gasteiger partial charge >= 0.3 is 5.97 Å². The summed E-state index contributed by atoms with van der Waals surface area (Å²) >= 11 is 6.09. The van der Waals surface area contributed by atoms with Crippen molar-refractivity contribution in [2.45, 2.75) is 12.5 Å². The Balaban J connectivity index is 1.48. The van der Waals surface area contributed by atoms with Crippen LogP contribution in [0.1, 0.15) is 27.5 Å². The van der Waals surface area contributed by atoms with Gasteiger partial charge in [0.15, 0.2) is 0 Å². The minimum Gasteiger partial charge on any atom is -0.478 e. The summed E-state index contributed by atoms with van der Waals surface area (Å²) in [5, 5.41) is 13.8. The van der Waals surface area contributed by atoms with Crippen LogP contribution in [0.25, 0.3) is 0 Å². The molecular formula is C31H34ClN7O4. The molecule has 0 aromatic heterocycles. The lowest BCUT2D eigenvalue weighted by Gasteiger charge is -2.40. The molecule has 0 radical (unpaired) electrons. The van der Waals surface area contributed by atoms with E-state index in [-0.39, 0.29) is 17.8 Å². The molecule has 3 aromatic rings. The third-order valence-corrected chi connectivity index (χ3v) is 8.02. The summed E-state index contributed by atoms with van der Waals surface area (Å²) < 4.78 is 0. The second kappa shape index (κ2) is 12.7. The summed E-state index contributed by atoms with van der Waals surface area (Å²) in [6.45, 7) is 3.81. The maximum atomic E-state index is 13.9. The van der Waals surface area contributed by atoms with Crippen molar-refractivity contribution in [2.24, 2.45) is 11.6 Å². The fourth-order valence-corrected chi connectivity index (χ4v) is 5.67. The van der Waals surface area contributed by atoms with Crippen LogP contribution >= 0.6 is 11.6 Å². The third-order valence-electron chi connectivity index (χ3n) is 7.78. The van der Waals surface area contributed by atoms with Gasteiger partial charge < -0.3 is 30.9 Å². The molecule has 1 atom stereocenters. The van der Waals surface area contributed by atoms with Gasteiger partial charge in [0.2, 0.25) is 0 Å². The van der Waals surface area contributed by atoms with E-state index in [0.717, 1.165) is 37.4 Å². The Morgan fingerprint density at radius 2 is 1.70 bits per heavy atom. The molecule has 11 nitrogen and oxygen atoms in total. The molecule has 2 heterocycles. The number of hydrogen-bond acceptors (Lipinski definition) is 8. The number of rotatable bonds is 7. The number of piperazine rings is 1. The largest absolute Gasteiger partial charge is 0.478 e. The van der Waals surface area contributed by atoms with Crippen LogP contribution in [0, 0.1) is 0 Å². The molecule has 2 amide bonds. The first-order valence-electron chi connectivity index (χ1n) is 13.9. The Hall–Kier alpha value is -4.58. The molecule has 2 aliphatic rings. The second-order valence-corrected chi connectivity index (χ2v) is 11.1. The number of aromatic carboxylic acids is 1. The van der Waals surface area contributed by atoms with Crippen LogP contribution < -0.4 is 26.8 Å². The summed E-state index contributed by atoms with van der Waals surface area (Å²) in [7, 11) is 2.09. The number of carboxylic acid groups (broad SMARTS) is 1. The molecule has 0 saturated carbocycles. The van der Waals surface area contributed by atoms with Crippen molar-refractivity contribution in [2.75, 3.05) is 55.0 Å². The van der Waals surface area contributed by atoms with Gasteiger partial charge in [-0.25, -0.2) is 10.6 Å². The maximum Gasteiger partial charge on any atom is 0.335 e. The Morgan fingerprint density at radius 3 is 2.37 bits per heavy atom. The van der Waals surface area contributed by atoms with Gasteiger partial charge in [-0.3, -0.25) is 14.6 Å². The maximum absolute atomic E-state index is 13.9. The number of benzene rings is 3. The Bertz CT molecular complexity index is 1550. The number of likely N-dealkylation sites (N-methyl/N-ethyl adjacent to an activating group) is 1. The van der Waals surface area contributed by atoms with Gasteiger partial charge in [0.1, 0.15) is 11.7 Å². The first-order valence-corrected chi connectivity index (χ1v) is 14.3. The molecule has 0 spiro atoms. The van der Waals surface area contributed by atoms with Crippen molar-refractivity contribution in [1.29, 1.82) is 0 Å². The number of carboxylic acids is 1. The number of halogens is 1. The molecule has 1 saturated heterocycles. The van der Waals surface area contributed by atoms with E-state index in [1.165, 1.54) is 40.4 Å². The van der Waals surface area contributed by atoms with Gasteiger partial charge in [-0.2, -0.15) is 0 Å². The average Bonchev–Trinajstić information content (AvgIpc) is 3.00. The predicted molar refractivity (Wildman–Crippen MR) is 167 cm³/mol. The molecule has 224 valence electrons. The number of hydrazine groups is 1. The van der Waals surface area contributed by atoms with Gasteiger partial charge in [-0.1, -0.05) is 29.8 Å². The minimum atomic E-state index is -1.07. The third kappa shape index (κ3) is 6.59. The van der Waals surface area contributed by atoms with E-state index in [4.69, 9.17) is 23.2 Å². The number of amides is 2. The molecule has 0 bridgehead atoms. The zero-order chi connectivity index (χ0) is 30.7. The highest BCUT2D eigenvalue weighted by Gasteiger charge is 2.38. The molecule has 5 rings (SSSR count). The van der Waals surface area contributed by atoms with Crippen LogP contribution in [0.4, 0.5) is 17.1 Å². The zero-order valence-electron chi connectivity index (χ0n) is 23.7. The lowest BCUT2D eigenvalue weighted by molar-refractivity contribution is -0.136. The standard InChI is InChI=1S/C31H34ClN7O4/c1-36-14-16-37(17-15-36)27-7-3-6-25-24(27)12-13-38(28(25)29(40)35-22-10-8-20(9-11-22)31(42)43)30(41)26(33)19-39(34)23-5-2-4-21(32)18-23/h2-11,18-19,28H,12-17,33-34H2,1H3,(H,35,40)(H,42,43)/b26-19-. The van der Waals surface area contributed by atoms with Crippen LogP contribution in [-0.4, -0.2) is 72.5 Å². The van der Waals surface area contributed by atoms with Crippen molar-refractivity contribution in [1.82, 2.24) is 9.80 Å². The van der Waals surface area contributed by atoms with Gasteiger partial charge in [0.05, 0.1) is 11.3 Å². The molecular weight excluding hydrogens is 570 g/mol. The van der Waals surface area contributed by atoms with Crippen LogP contribution in [-0.2, 0) is 16.0 Å².